The van der Waals surface area contributed by atoms with Crippen LogP contribution in [-0.4, -0.2) is 25.9 Å². The van der Waals surface area contributed by atoms with E-state index in [0.29, 0.717) is 6.54 Å². The first-order chi connectivity index (χ1) is 8.94. The van der Waals surface area contributed by atoms with Gasteiger partial charge in [-0.25, -0.2) is 4.39 Å². The van der Waals surface area contributed by atoms with Crippen molar-refractivity contribution in [3.8, 4) is 0 Å². The zero-order valence-electron chi connectivity index (χ0n) is 10.6. The average Bonchev–Trinajstić information content (AvgIpc) is 2.33. The van der Waals surface area contributed by atoms with Crippen molar-refractivity contribution in [2.24, 2.45) is 0 Å². The Bertz CT molecular complexity index is 381. The standard InChI is InChI=1S/C13H17F4NO/c1-2-18-9-12(19-8-7-13(15,16)17)10-5-3-4-6-11(10)14/h3-6,12,18H,2,7-9H2,1H3. The molecule has 19 heavy (non-hydrogen) atoms. The molecule has 0 heterocycles. The van der Waals surface area contributed by atoms with E-state index in [2.05, 4.69) is 5.32 Å². The maximum Gasteiger partial charge on any atom is 0.391 e. The highest BCUT2D eigenvalue weighted by molar-refractivity contribution is 5.20. The molecule has 1 rings (SSSR count). The van der Waals surface area contributed by atoms with E-state index in [1.54, 1.807) is 6.07 Å². The molecule has 1 atom stereocenters. The fourth-order valence-electron chi connectivity index (χ4n) is 1.59. The summed E-state index contributed by atoms with van der Waals surface area (Å²) in [5, 5.41) is 2.95. The van der Waals surface area contributed by atoms with Gasteiger partial charge in [0.15, 0.2) is 0 Å². The van der Waals surface area contributed by atoms with Crippen molar-refractivity contribution in [2.45, 2.75) is 25.6 Å². The van der Waals surface area contributed by atoms with Gasteiger partial charge in [0, 0.05) is 12.1 Å². The molecule has 0 aliphatic carbocycles. The lowest BCUT2D eigenvalue weighted by Gasteiger charge is -2.19. The number of hydrogen-bond acceptors (Lipinski definition) is 2. The van der Waals surface area contributed by atoms with E-state index in [-0.39, 0.29) is 12.1 Å². The van der Waals surface area contributed by atoms with Crippen molar-refractivity contribution in [1.82, 2.24) is 5.32 Å². The van der Waals surface area contributed by atoms with Crippen LogP contribution >= 0.6 is 0 Å². The second-order valence-electron chi connectivity index (χ2n) is 4.05. The van der Waals surface area contributed by atoms with Gasteiger partial charge in [-0.2, -0.15) is 13.2 Å². The normalized spacial score (nSPS) is 13.5. The molecule has 0 aromatic heterocycles. The van der Waals surface area contributed by atoms with Crippen LogP contribution < -0.4 is 5.32 Å². The van der Waals surface area contributed by atoms with Crippen LogP contribution in [0.3, 0.4) is 0 Å². The molecule has 1 N–H and O–H groups in total. The lowest BCUT2D eigenvalue weighted by molar-refractivity contribution is -0.149. The van der Waals surface area contributed by atoms with E-state index in [4.69, 9.17) is 4.74 Å². The molecule has 0 aliphatic rings. The van der Waals surface area contributed by atoms with Crippen LogP contribution in [0.5, 0.6) is 0 Å². The van der Waals surface area contributed by atoms with Crippen molar-refractivity contribution >= 4 is 0 Å². The number of ether oxygens (including phenoxy) is 1. The Morgan fingerprint density at radius 3 is 2.53 bits per heavy atom. The van der Waals surface area contributed by atoms with Gasteiger partial charge in [0.2, 0.25) is 0 Å². The molecule has 0 bridgehead atoms. The predicted octanol–water partition coefficient (Wildman–Crippen LogP) is 3.45. The Hall–Kier alpha value is -1.14. The van der Waals surface area contributed by atoms with E-state index in [1.165, 1.54) is 18.2 Å². The van der Waals surface area contributed by atoms with E-state index in [1.807, 2.05) is 6.92 Å². The summed E-state index contributed by atoms with van der Waals surface area (Å²) in [5.41, 5.74) is 0.269. The summed E-state index contributed by atoms with van der Waals surface area (Å²) in [6, 6.07) is 5.94. The van der Waals surface area contributed by atoms with Gasteiger partial charge in [-0.1, -0.05) is 25.1 Å². The van der Waals surface area contributed by atoms with Gasteiger partial charge in [-0.15, -0.1) is 0 Å². The number of hydrogen-bond donors (Lipinski definition) is 1. The molecule has 6 heteroatoms. The quantitative estimate of drug-likeness (QED) is 0.772. The minimum absolute atomic E-state index is 0.269. The van der Waals surface area contributed by atoms with Crippen molar-refractivity contribution in [2.75, 3.05) is 19.7 Å². The minimum atomic E-state index is -4.27. The van der Waals surface area contributed by atoms with Gasteiger partial charge < -0.3 is 10.1 Å². The molecule has 2 nitrogen and oxygen atoms in total. The van der Waals surface area contributed by atoms with Gasteiger partial charge in [0.05, 0.1) is 19.1 Å². The monoisotopic (exact) mass is 279 g/mol. The Balaban J connectivity index is 2.64. The zero-order valence-corrected chi connectivity index (χ0v) is 10.6. The van der Waals surface area contributed by atoms with Crippen molar-refractivity contribution < 1.29 is 22.3 Å². The third-order valence-corrected chi connectivity index (χ3v) is 2.54. The SMILES string of the molecule is CCNCC(OCCC(F)(F)F)c1ccccc1F. The number of rotatable bonds is 7. The van der Waals surface area contributed by atoms with Crippen LogP contribution in [0.4, 0.5) is 17.6 Å². The van der Waals surface area contributed by atoms with Crippen LogP contribution in [0, 0.1) is 5.82 Å². The van der Waals surface area contributed by atoms with Crippen LogP contribution in [0.1, 0.15) is 25.0 Å². The van der Waals surface area contributed by atoms with Crippen LogP contribution in [0.2, 0.25) is 0 Å². The fraction of sp³-hybridized carbons (Fsp3) is 0.538. The molecule has 108 valence electrons. The summed E-state index contributed by atoms with van der Waals surface area (Å²) in [6.45, 7) is 2.28. The zero-order chi connectivity index (χ0) is 14.3. The maximum absolute atomic E-state index is 13.6. The fourth-order valence-corrected chi connectivity index (χ4v) is 1.59. The molecule has 0 saturated carbocycles. The largest absolute Gasteiger partial charge is 0.391 e. The molecule has 0 amide bonds. The summed E-state index contributed by atoms with van der Waals surface area (Å²) < 4.78 is 55.0. The van der Waals surface area contributed by atoms with E-state index in [9.17, 15) is 17.6 Å². The molecule has 1 unspecified atom stereocenters. The third-order valence-electron chi connectivity index (χ3n) is 2.54. The number of likely N-dealkylation sites (N-methyl/N-ethyl adjacent to an activating group) is 1. The van der Waals surface area contributed by atoms with E-state index in [0.717, 1.165) is 0 Å². The first-order valence-electron chi connectivity index (χ1n) is 6.07. The molecule has 0 radical (unpaired) electrons. The van der Waals surface area contributed by atoms with Crippen LogP contribution in [-0.2, 0) is 4.74 Å². The Morgan fingerprint density at radius 2 is 1.95 bits per heavy atom. The number of benzene rings is 1. The molecule has 0 saturated heterocycles. The summed E-state index contributed by atoms with van der Waals surface area (Å²) >= 11 is 0. The summed E-state index contributed by atoms with van der Waals surface area (Å²) in [4.78, 5) is 0. The first-order valence-corrected chi connectivity index (χ1v) is 6.07. The highest BCUT2D eigenvalue weighted by Crippen LogP contribution is 2.23. The highest BCUT2D eigenvalue weighted by atomic mass is 19.4. The second kappa shape index (κ2) is 7.45. The van der Waals surface area contributed by atoms with Crippen molar-refractivity contribution in [3.05, 3.63) is 35.6 Å². The van der Waals surface area contributed by atoms with Gasteiger partial charge >= 0.3 is 6.18 Å². The van der Waals surface area contributed by atoms with Crippen LogP contribution in [0.25, 0.3) is 0 Å². The van der Waals surface area contributed by atoms with Gasteiger partial charge in [-0.3, -0.25) is 0 Å². The van der Waals surface area contributed by atoms with Crippen molar-refractivity contribution in [1.29, 1.82) is 0 Å². The average molecular weight is 279 g/mol. The highest BCUT2D eigenvalue weighted by Gasteiger charge is 2.27. The third kappa shape index (κ3) is 6.02. The van der Waals surface area contributed by atoms with Gasteiger partial charge in [-0.05, 0) is 12.6 Å². The summed E-state index contributed by atoms with van der Waals surface area (Å²) in [7, 11) is 0. The van der Waals surface area contributed by atoms with Gasteiger partial charge in [0.1, 0.15) is 5.82 Å². The number of nitrogens with one attached hydrogen (secondary N) is 1. The maximum atomic E-state index is 13.6. The Kier molecular flexibility index (Phi) is 6.24. The number of alkyl halides is 3. The topological polar surface area (TPSA) is 21.3 Å². The molecule has 1 aromatic rings. The Morgan fingerprint density at radius 1 is 1.26 bits per heavy atom. The van der Waals surface area contributed by atoms with Crippen molar-refractivity contribution in [3.63, 3.8) is 0 Å². The molecule has 0 fully saturated rings. The molecule has 0 aliphatic heterocycles. The summed E-state index contributed by atoms with van der Waals surface area (Å²) in [6.07, 6.45) is -6.02. The van der Waals surface area contributed by atoms with Gasteiger partial charge in [0.25, 0.3) is 0 Å². The minimum Gasteiger partial charge on any atom is -0.372 e. The first kappa shape index (κ1) is 15.9. The lowest BCUT2D eigenvalue weighted by atomic mass is 10.1. The lowest BCUT2D eigenvalue weighted by Crippen LogP contribution is -2.25. The van der Waals surface area contributed by atoms with Crippen LogP contribution in [0.15, 0.2) is 24.3 Å². The second-order valence-corrected chi connectivity index (χ2v) is 4.05. The number of halogens is 4. The van der Waals surface area contributed by atoms with E-state index >= 15 is 0 Å². The smallest absolute Gasteiger partial charge is 0.372 e. The molecule has 1 aromatic carbocycles. The molecule has 0 spiro atoms. The predicted molar refractivity (Wildman–Crippen MR) is 64.3 cm³/mol. The molecular weight excluding hydrogens is 262 g/mol. The Labute approximate surface area is 109 Å². The summed E-state index contributed by atoms with van der Waals surface area (Å²) in [5.74, 6) is -0.475. The molecular formula is C13H17F4NO. The van der Waals surface area contributed by atoms with E-state index < -0.39 is 31.1 Å².